The van der Waals surface area contributed by atoms with Crippen molar-refractivity contribution >= 4 is 35.0 Å². The van der Waals surface area contributed by atoms with Crippen molar-refractivity contribution in [2.45, 2.75) is 53.2 Å². The highest BCUT2D eigenvalue weighted by Gasteiger charge is 2.27. The Kier molecular flexibility index (Phi) is 8.56. The van der Waals surface area contributed by atoms with E-state index in [1.807, 2.05) is 45.9 Å². The molecule has 162 valence electrons. The second kappa shape index (κ2) is 10.7. The summed E-state index contributed by atoms with van der Waals surface area (Å²) in [5.41, 5.74) is 2.87. The fraction of sp³-hybridized carbons (Fsp3) is 0.391. The number of amides is 2. The van der Waals surface area contributed by atoms with Crippen LogP contribution in [0.25, 0.3) is 0 Å². The summed E-state index contributed by atoms with van der Waals surface area (Å²) in [4.78, 5) is 27.1. The van der Waals surface area contributed by atoms with Gasteiger partial charge in [-0.05, 0) is 75.6 Å². The van der Waals surface area contributed by atoms with Crippen LogP contribution in [-0.2, 0) is 16.1 Å². The minimum atomic E-state index is -0.683. The van der Waals surface area contributed by atoms with Crippen molar-refractivity contribution in [2.75, 3.05) is 6.61 Å². The lowest BCUT2D eigenvalue weighted by atomic mass is 10.1. The Bertz CT molecular complexity index is 895. The van der Waals surface area contributed by atoms with E-state index in [1.165, 1.54) is 4.90 Å². The van der Waals surface area contributed by atoms with Crippen LogP contribution in [0.15, 0.2) is 36.4 Å². The van der Waals surface area contributed by atoms with Crippen LogP contribution in [-0.4, -0.2) is 35.4 Å². The average Bonchev–Trinajstić information content (AvgIpc) is 2.65. The number of rotatable bonds is 8. The number of hydrogen-bond donors (Lipinski definition) is 1. The highest BCUT2D eigenvalue weighted by molar-refractivity contribution is 6.42. The van der Waals surface area contributed by atoms with E-state index < -0.39 is 6.04 Å². The Morgan fingerprint density at radius 3 is 2.20 bits per heavy atom. The quantitative estimate of drug-likeness (QED) is 0.619. The molecule has 0 spiro atoms. The maximum absolute atomic E-state index is 13.0. The van der Waals surface area contributed by atoms with E-state index in [2.05, 4.69) is 5.32 Å². The van der Waals surface area contributed by atoms with Gasteiger partial charge in [-0.2, -0.15) is 0 Å². The zero-order valence-corrected chi connectivity index (χ0v) is 19.5. The number of nitrogens with one attached hydrogen (secondary N) is 1. The molecule has 0 aliphatic rings. The van der Waals surface area contributed by atoms with E-state index in [1.54, 1.807) is 25.1 Å². The van der Waals surface area contributed by atoms with Crippen LogP contribution in [0.3, 0.4) is 0 Å². The predicted octanol–water partition coefficient (Wildman–Crippen LogP) is 4.93. The first-order valence-corrected chi connectivity index (χ1v) is 10.6. The summed E-state index contributed by atoms with van der Waals surface area (Å²) in [6.07, 6.45) is 0. The molecule has 0 radical (unpaired) electrons. The van der Waals surface area contributed by atoms with Gasteiger partial charge in [-0.15, -0.1) is 0 Å². The smallest absolute Gasteiger partial charge is 0.261 e. The molecular weight excluding hydrogens is 423 g/mol. The summed E-state index contributed by atoms with van der Waals surface area (Å²) in [5.74, 6) is 0.0890. The molecule has 7 heteroatoms. The maximum Gasteiger partial charge on any atom is 0.261 e. The molecule has 2 aromatic rings. The molecule has 2 aromatic carbocycles. The summed E-state index contributed by atoms with van der Waals surface area (Å²) in [5, 5.41) is 3.68. The second-order valence-corrected chi connectivity index (χ2v) is 8.54. The molecule has 5 nitrogen and oxygen atoms in total. The summed E-state index contributed by atoms with van der Waals surface area (Å²) in [6, 6.07) is 10.2. The van der Waals surface area contributed by atoms with Crippen LogP contribution < -0.4 is 10.1 Å². The highest BCUT2D eigenvalue weighted by Crippen LogP contribution is 2.24. The Morgan fingerprint density at radius 2 is 1.63 bits per heavy atom. The minimum Gasteiger partial charge on any atom is -0.484 e. The molecule has 1 unspecified atom stereocenters. The molecule has 0 saturated carbocycles. The Morgan fingerprint density at radius 1 is 1.00 bits per heavy atom. The fourth-order valence-corrected chi connectivity index (χ4v) is 3.39. The van der Waals surface area contributed by atoms with Crippen LogP contribution in [0.5, 0.6) is 5.75 Å². The van der Waals surface area contributed by atoms with Crippen molar-refractivity contribution in [3.05, 3.63) is 63.1 Å². The van der Waals surface area contributed by atoms with Crippen LogP contribution in [0.2, 0.25) is 10.0 Å². The van der Waals surface area contributed by atoms with Crippen molar-refractivity contribution in [1.29, 1.82) is 0 Å². The number of nitrogens with zero attached hydrogens (tertiary/aromatic N) is 1. The van der Waals surface area contributed by atoms with E-state index in [0.717, 1.165) is 16.7 Å². The minimum absolute atomic E-state index is 0.0339. The lowest BCUT2D eigenvalue weighted by Crippen LogP contribution is -2.50. The third-order valence-corrected chi connectivity index (χ3v) is 5.23. The molecule has 0 aromatic heterocycles. The molecule has 2 rings (SSSR count). The van der Waals surface area contributed by atoms with Crippen molar-refractivity contribution in [2.24, 2.45) is 0 Å². The normalized spacial score (nSPS) is 11.9. The summed E-state index contributed by atoms with van der Waals surface area (Å²) >= 11 is 12.1. The van der Waals surface area contributed by atoms with E-state index in [9.17, 15) is 9.59 Å². The standard InChI is InChI=1S/C23H28Cl2N2O3/c1-14(2)26-23(29)17(5)27(12-18-6-7-20(24)21(25)11-18)22(28)13-30-19-9-15(3)8-16(4)10-19/h6-11,14,17H,12-13H2,1-5H3,(H,26,29). The number of hydrogen-bond acceptors (Lipinski definition) is 3. The van der Waals surface area contributed by atoms with Gasteiger partial charge in [-0.1, -0.05) is 35.3 Å². The second-order valence-electron chi connectivity index (χ2n) is 7.72. The number of carbonyl (C=O) groups is 2. The average molecular weight is 451 g/mol. The first-order chi connectivity index (χ1) is 14.1. The zero-order valence-electron chi connectivity index (χ0n) is 18.0. The Balaban J connectivity index is 2.20. The molecule has 2 amide bonds. The lowest BCUT2D eigenvalue weighted by molar-refractivity contribution is -0.142. The number of ether oxygens (including phenoxy) is 1. The SMILES string of the molecule is Cc1cc(C)cc(OCC(=O)N(Cc2ccc(Cl)c(Cl)c2)C(C)C(=O)NC(C)C)c1. The molecular formula is C23H28Cl2N2O3. The van der Waals surface area contributed by atoms with E-state index >= 15 is 0 Å². The van der Waals surface area contributed by atoms with Gasteiger partial charge >= 0.3 is 0 Å². The molecule has 0 aliphatic carbocycles. The topological polar surface area (TPSA) is 58.6 Å². The van der Waals surface area contributed by atoms with Gasteiger partial charge in [0.15, 0.2) is 6.61 Å². The summed E-state index contributed by atoms with van der Waals surface area (Å²) in [7, 11) is 0. The van der Waals surface area contributed by atoms with Crippen LogP contribution in [0.4, 0.5) is 0 Å². The van der Waals surface area contributed by atoms with Gasteiger partial charge in [0.05, 0.1) is 10.0 Å². The summed E-state index contributed by atoms with van der Waals surface area (Å²) in [6.45, 7) is 9.41. The van der Waals surface area contributed by atoms with Crippen molar-refractivity contribution in [1.82, 2.24) is 10.2 Å². The van der Waals surface area contributed by atoms with Gasteiger partial charge in [0.1, 0.15) is 11.8 Å². The van der Waals surface area contributed by atoms with Crippen molar-refractivity contribution in [3.8, 4) is 5.75 Å². The van der Waals surface area contributed by atoms with Crippen molar-refractivity contribution in [3.63, 3.8) is 0 Å². The first kappa shape index (κ1) is 24.0. The third kappa shape index (κ3) is 6.92. The third-order valence-electron chi connectivity index (χ3n) is 4.49. The van der Waals surface area contributed by atoms with E-state index in [4.69, 9.17) is 27.9 Å². The zero-order chi connectivity index (χ0) is 22.4. The fourth-order valence-electron chi connectivity index (χ4n) is 3.07. The molecule has 1 N–H and O–H groups in total. The molecule has 30 heavy (non-hydrogen) atoms. The van der Waals surface area contributed by atoms with Gasteiger partial charge in [0.25, 0.3) is 5.91 Å². The number of halogens is 2. The molecule has 0 aliphatic heterocycles. The monoisotopic (exact) mass is 450 g/mol. The maximum atomic E-state index is 13.0. The van der Waals surface area contributed by atoms with E-state index in [-0.39, 0.29) is 31.0 Å². The molecule has 0 fully saturated rings. The number of benzene rings is 2. The van der Waals surface area contributed by atoms with Crippen molar-refractivity contribution < 1.29 is 14.3 Å². The van der Waals surface area contributed by atoms with E-state index in [0.29, 0.717) is 15.8 Å². The molecule has 0 bridgehead atoms. The van der Waals surface area contributed by atoms with Crippen LogP contribution in [0, 0.1) is 13.8 Å². The predicted molar refractivity (Wildman–Crippen MR) is 121 cm³/mol. The largest absolute Gasteiger partial charge is 0.484 e. The Hall–Kier alpha value is -2.24. The van der Waals surface area contributed by atoms with Crippen LogP contribution >= 0.6 is 23.2 Å². The van der Waals surface area contributed by atoms with Gasteiger partial charge < -0.3 is 15.0 Å². The van der Waals surface area contributed by atoms with Gasteiger partial charge in [0, 0.05) is 12.6 Å². The number of carbonyl (C=O) groups excluding carboxylic acids is 2. The Labute approximate surface area is 188 Å². The first-order valence-electron chi connectivity index (χ1n) is 9.81. The molecule has 0 heterocycles. The molecule has 1 atom stereocenters. The summed E-state index contributed by atoms with van der Waals surface area (Å²) < 4.78 is 5.73. The lowest BCUT2D eigenvalue weighted by Gasteiger charge is -2.29. The number of aryl methyl sites for hydroxylation is 2. The molecule has 0 saturated heterocycles. The van der Waals surface area contributed by atoms with Gasteiger partial charge in [-0.3, -0.25) is 9.59 Å². The highest BCUT2D eigenvalue weighted by atomic mass is 35.5. The van der Waals surface area contributed by atoms with Crippen LogP contribution in [0.1, 0.15) is 37.5 Å². The van der Waals surface area contributed by atoms with Gasteiger partial charge in [-0.25, -0.2) is 0 Å². The van der Waals surface area contributed by atoms with Gasteiger partial charge in [0.2, 0.25) is 5.91 Å².